The summed E-state index contributed by atoms with van der Waals surface area (Å²) in [5.74, 6) is 0.748. The van der Waals surface area contributed by atoms with E-state index in [0.29, 0.717) is 29.9 Å². The molecule has 3 aliphatic rings. The molecule has 24 heavy (non-hydrogen) atoms. The fourth-order valence-corrected chi connectivity index (χ4v) is 5.05. The highest BCUT2D eigenvalue weighted by atomic mass is 16.5. The van der Waals surface area contributed by atoms with E-state index in [1.165, 1.54) is 25.7 Å². The molecule has 2 saturated carbocycles. The Balaban J connectivity index is 1.33. The highest BCUT2D eigenvalue weighted by molar-refractivity contribution is 5.91. The molecule has 3 fully saturated rings. The average molecular weight is 328 g/mol. The summed E-state index contributed by atoms with van der Waals surface area (Å²) in [4.78, 5) is 12.4. The number of aryl methyl sites for hydroxylation is 1. The third kappa shape index (κ3) is 2.56. The van der Waals surface area contributed by atoms with Crippen LogP contribution < -0.4 is 10.6 Å². The molecule has 4 heteroatoms. The summed E-state index contributed by atoms with van der Waals surface area (Å²) in [6.07, 6.45) is 6.07. The van der Waals surface area contributed by atoms with Gasteiger partial charge in [0.25, 0.3) is 0 Å². The van der Waals surface area contributed by atoms with Crippen LogP contribution in [-0.2, 0) is 9.53 Å². The van der Waals surface area contributed by atoms with Crippen LogP contribution in [-0.4, -0.2) is 30.7 Å². The number of ether oxygens (including phenoxy) is 1. The topological polar surface area (TPSA) is 50.4 Å². The summed E-state index contributed by atoms with van der Waals surface area (Å²) in [6.45, 7) is 5.07. The summed E-state index contributed by atoms with van der Waals surface area (Å²) in [5, 5.41) is 6.81. The second-order valence-electron chi connectivity index (χ2n) is 7.94. The number of carbonyl (C=O) groups excluding carboxylic acids is 1. The zero-order chi connectivity index (χ0) is 16.7. The van der Waals surface area contributed by atoms with Gasteiger partial charge < -0.3 is 15.4 Å². The number of hydrogen-bond donors (Lipinski definition) is 2. The summed E-state index contributed by atoms with van der Waals surface area (Å²) in [6, 6.07) is 8.66. The van der Waals surface area contributed by atoms with Gasteiger partial charge in [0.05, 0.1) is 6.10 Å². The Bertz CT molecular complexity index is 626. The average Bonchev–Trinajstić information content (AvgIpc) is 2.91. The van der Waals surface area contributed by atoms with Crippen LogP contribution in [0.4, 0.5) is 5.69 Å². The van der Waals surface area contributed by atoms with Crippen molar-refractivity contribution in [3.05, 3.63) is 29.8 Å². The van der Waals surface area contributed by atoms with Crippen molar-refractivity contribution in [1.82, 2.24) is 5.32 Å². The fourth-order valence-electron chi connectivity index (χ4n) is 5.05. The molecule has 1 saturated heterocycles. The number of hydrogen-bond acceptors (Lipinski definition) is 3. The molecule has 4 nitrogen and oxygen atoms in total. The van der Waals surface area contributed by atoms with Crippen LogP contribution in [0.15, 0.2) is 24.3 Å². The monoisotopic (exact) mass is 328 g/mol. The third-order valence-corrected chi connectivity index (χ3v) is 6.41. The molecule has 0 aromatic heterocycles. The predicted molar refractivity (Wildman–Crippen MR) is 94.9 cm³/mol. The molecule has 0 radical (unpaired) electrons. The first-order chi connectivity index (χ1) is 11.6. The number of benzene rings is 1. The Kier molecular flexibility index (Phi) is 4.13. The molecule has 4 rings (SSSR count). The van der Waals surface area contributed by atoms with Crippen molar-refractivity contribution in [2.24, 2.45) is 11.3 Å². The van der Waals surface area contributed by atoms with E-state index < -0.39 is 0 Å². The van der Waals surface area contributed by atoms with Gasteiger partial charge in [0.2, 0.25) is 5.91 Å². The first kappa shape index (κ1) is 16.1. The lowest BCUT2D eigenvalue weighted by atomic mass is 9.46. The van der Waals surface area contributed by atoms with Gasteiger partial charge in [0.15, 0.2) is 0 Å². The van der Waals surface area contributed by atoms with Crippen LogP contribution in [0.25, 0.3) is 0 Å². The van der Waals surface area contributed by atoms with Gasteiger partial charge >= 0.3 is 0 Å². The zero-order valence-corrected chi connectivity index (χ0v) is 14.7. The minimum atomic E-state index is 0.0884. The molecule has 1 spiro atoms. The lowest BCUT2D eigenvalue weighted by Gasteiger charge is -2.64. The van der Waals surface area contributed by atoms with E-state index in [4.69, 9.17) is 4.74 Å². The smallest absolute Gasteiger partial charge is 0.225 e. The van der Waals surface area contributed by atoms with Crippen LogP contribution >= 0.6 is 0 Å². The standard InChI is InChI=1S/C20H28N2O2/c1-13-6-3-4-7-16(13)22-17(23)12-14(2)21-18-15-8-11-24-19(15)20(18)9-5-10-20/h3-4,6-7,14-15,18-19,21H,5,8-12H2,1-2H3,(H,22,23)/t14-,15+,18+,19+/m0/s1. The molecule has 0 bridgehead atoms. The molecule has 4 atom stereocenters. The molecule has 0 unspecified atom stereocenters. The maximum Gasteiger partial charge on any atom is 0.225 e. The normalized spacial score (nSPS) is 31.0. The predicted octanol–water partition coefficient (Wildman–Crippen LogP) is 3.26. The molecule has 1 amide bonds. The second-order valence-corrected chi connectivity index (χ2v) is 7.94. The van der Waals surface area contributed by atoms with Crippen LogP contribution in [0, 0.1) is 18.3 Å². The van der Waals surface area contributed by atoms with E-state index in [-0.39, 0.29) is 11.9 Å². The highest BCUT2D eigenvalue weighted by Gasteiger charge is 2.66. The zero-order valence-electron chi connectivity index (χ0n) is 14.7. The largest absolute Gasteiger partial charge is 0.377 e. The molecule has 1 aromatic rings. The van der Waals surface area contributed by atoms with E-state index in [0.717, 1.165) is 17.9 Å². The quantitative estimate of drug-likeness (QED) is 0.872. The van der Waals surface area contributed by atoms with Gasteiger partial charge in [-0.2, -0.15) is 0 Å². The first-order valence-electron chi connectivity index (χ1n) is 9.33. The van der Waals surface area contributed by atoms with Gasteiger partial charge in [-0.15, -0.1) is 0 Å². The Labute approximate surface area is 144 Å². The highest BCUT2D eigenvalue weighted by Crippen LogP contribution is 2.62. The molecule has 130 valence electrons. The lowest BCUT2D eigenvalue weighted by molar-refractivity contribution is -0.178. The van der Waals surface area contributed by atoms with Gasteiger partial charge in [0.1, 0.15) is 0 Å². The Morgan fingerprint density at radius 3 is 2.88 bits per heavy atom. The Morgan fingerprint density at radius 2 is 2.17 bits per heavy atom. The number of nitrogens with one attached hydrogen (secondary N) is 2. The first-order valence-corrected chi connectivity index (χ1v) is 9.33. The van der Waals surface area contributed by atoms with Crippen LogP contribution in [0.3, 0.4) is 0 Å². The molecule has 2 N–H and O–H groups in total. The molecular formula is C20H28N2O2. The number of amides is 1. The fraction of sp³-hybridized carbons (Fsp3) is 0.650. The summed E-state index contributed by atoms with van der Waals surface area (Å²) < 4.78 is 5.98. The summed E-state index contributed by atoms with van der Waals surface area (Å²) in [5.41, 5.74) is 2.39. The second kappa shape index (κ2) is 6.16. The molecule has 1 heterocycles. The molecule has 1 aliphatic heterocycles. The van der Waals surface area contributed by atoms with E-state index in [9.17, 15) is 4.79 Å². The molecular weight excluding hydrogens is 300 g/mol. The maximum atomic E-state index is 12.4. The van der Waals surface area contributed by atoms with E-state index in [1.54, 1.807) is 0 Å². The van der Waals surface area contributed by atoms with Crippen molar-refractivity contribution in [3.63, 3.8) is 0 Å². The minimum absolute atomic E-state index is 0.0884. The maximum absolute atomic E-state index is 12.4. The minimum Gasteiger partial charge on any atom is -0.377 e. The Hall–Kier alpha value is -1.39. The lowest BCUT2D eigenvalue weighted by Crippen LogP contribution is -2.72. The van der Waals surface area contributed by atoms with Crippen LogP contribution in [0.1, 0.15) is 44.6 Å². The number of para-hydroxylation sites is 1. The number of anilines is 1. The number of carbonyl (C=O) groups is 1. The van der Waals surface area contributed by atoms with Crippen molar-refractivity contribution in [3.8, 4) is 0 Å². The molecule has 2 aliphatic carbocycles. The van der Waals surface area contributed by atoms with Crippen molar-refractivity contribution in [2.75, 3.05) is 11.9 Å². The van der Waals surface area contributed by atoms with Crippen molar-refractivity contribution >= 4 is 11.6 Å². The third-order valence-electron chi connectivity index (χ3n) is 6.41. The van der Waals surface area contributed by atoms with Gasteiger partial charge in [-0.25, -0.2) is 0 Å². The van der Waals surface area contributed by atoms with Crippen molar-refractivity contribution in [1.29, 1.82) is 0 Å². The number of fused-ring (bicyclic) bond motifs is 2. The van der Waals surface area contributed by atoms with Gasteiger partial charge in [-0.3, -0.25) is 4.79 Å². The SMILES string of the molecule is Cc1ccccc1NC(=O)C[C@H](C)N[C@@H]1[C@H]2CCO[C@H]2C12CCC2. The van der Waals surface area contributed by atoms with Gasteiger partial charge in [-0.1, -0.05) is 24.6 Å². The van der Waals surface area contributed by atoms with Crippen molar-refractivity contribution < 1.29 is 9.53 Å². The van der Waals surface area contributed by atoms with Gasteiger partial charge in [-0.05, 0) is 44.7 Å². The summed E-state index contributed by atoms with van der Waals surface area (Å²) >= 11 is 0. The van der Waals surface area contributed by atoms with Gasteiger partial charge in [0, 0.05) is 42.1 Å². The summed E-state index contributed by atoms with van der Waals surface area (Å²) in [7, 11) is 0. The Morgan fingerprint density at radius 1 is 1.38 bits per heavy atom. The van der Waals surface area contributed by atoms with E-state index >= 15 is 0 Å². The van der Waals surface area contributed by atoms with E-state index in [2.05, 4.69) is 17.6 Å². The van der Waals surface area contributed by atoms with Crippen LogP contribution in [0.2, 0.25) is 0 Å². The van der Waals surface area contributed by atoms with E-state index in [1.807, 2.05) is 31.2 Å². The molecule has 1 aromatic carbocycles. The van der Waals surface area contributed by atoms with Crippen LogP contribution in [0.5, 0.6) is 0 Å². The number of rotatable bonds is 5. The van der Waals surface area contributed by atoms with Crippen molar-refractivity contribution in [2.45, 2.75) is 64.1 Å².